The summed E-state index contributed by atoms with van der Waals surface area (Å²) in [5, 5.41) is 17.0. The number of hydrogen-bond acceptors (Lipinski definition) is 5. The van der Waals surface area contributed by atoms with Crippen molar-refractivity contribution in [2.75, 3.05) is 11.9 Å². The Hall–Kier alpha value is -3.32. The van der Waals surface area contributed by atoms with Gasteiger partial charge in [0.2, 0.25) is 11.8 Å². The zero-order valence-corrected chi connectivity index (χ0v) is 16.7. The molecule has 0 aliphatic rings. The molecule has 3 N–H and O–H groups in total. The molecule has 0 unspecified atom stereocenters. The minimum atomic E-state index is -0.582. The molecule has 0 heterocycles. The highest BCUT2D eigenvalue weighted by Gasteiger charge is 2.11. The number of benzene rings is 2. The first-order chi connectivity index (χ1) is 13.9. The highest BCUT2D eigenvalue weighted by Crippen LogP contribution is 2.31. The van der Waals surface area contributed by atoms with Gasteiger partial charge in [-0.15, -0.1) is 6.58 Å². The van der Waals surface area contributed by atoms with Gasteiger partial charge in [0, 0.05) is 5.56 Å². The van der Waals surface area contributed by atoms with Crippen molar-refractivity contribution in [1.82, 2.24) is 5.43 Å². The number of hydrazone groups is 1. The average Bonchev–Trinajstić information content (AvgIpc) is 2.67. The molecule has 0 atom stereocenters. The summed E-state index contributed by atoms with van der Waals surface area (Å²) in [4.78, 5) is 23.9. The molecule has 7 nitrogen and oxygen atoms in total. The average molecular weight is 416 g/mol. The molecule has 8 heteroatoms. The van der Waals surface area contributed by atoms with Gasteiger partial charge in [0.05, 0.1) is 23.5 Å². The summed E-state index contributed by atoms with van der Waals surface area (Å²) in [5.41, 5.74) is 3.96. The Kier molecular flexibility index (Phi) is 8.24. The molecule has 2 aromatic carbocycles. The number of rotatable bonds is 9. The van der Waals surface area contributed by atoms with Crippen LogP contribution in [0.15, 0.2) is 54.2 Å². The van der Waals surface area contributed by atoms with Gasteiger partial charge in [-0.2, -0.15) is 5.10 Å². The lowest BCUT2D eigenvalue weighted by Gasteiger charge is -2.10. The first-order valence-corrected chi connectivity index (χ1v) is 9.28. The Morgan fingerprint density at radius 2 is 2.03 bits per heavy atom. The zero-order valence-electron chi connectivity index (χ0n) is 15.9. The molecule has 29 heavy (non-hydrogen) atoms. The molecule has 0 aromatic heterocycles. The minimum absolute atomic E-state index is 0.0455. The number of carbonyl (C=O) groups is 2. The topological polar surface area (TPSA) is 100 Å². The van der Waals surface area contributed by atoms with Gasteiger partial charge in [0.15, 0.2) is 11.5 Å². The summed E-state index contributed by atoms with van der Waals surface area (Å²) in [6.07, 6.45) is 3.09. The van der Waals surface area contributed by atoms with Gasteiger partial charge in [0.1, 0.15) is 6.42 Å². The van der Waals surface area contributed by atoms with E-state index in [-0.39, 0.29) is 5.75 Å². The predicted molar refractivity (Wildman–Crippen MR) is 114 cm³/mol. The van der Waals surface area contributed by atoms with E-state index in [4.69, 9.17) is 16.3 Å². The van der Waals surface area contributed by atoms with Crippen LogP contribution in [-0.2, 0) is 16.0 Å². The fourth-order valence-corrected chi connectivity index (χ4v) is 2.64. The molecule has 0 aliphatic carbocycles. The van der Waals surface area contributed by atoms with Gasteiger partial charge in [-0.1, -0.05) is 29.8 Å². The summed E-state index contributed by atoms with van der Waals surface area (Å²) >= 11 is 5.96. The molecule has 0 fully saturated rings. The minimum Gasteiger partial charge on any atom is -0.504 e. The summed E-state index contributed by atoms with van der Waals surface area (Å²) in [5.74, 6) is -0.730. The molecule has 0 saturated carbocycles. The molecule has 0 saturated heterocycles. The molecule has 0 aliphatic heterocycles. The summed E-state index contributed by atoms with van der Waals surface area (Å²) in [6, 6.07) is 10.0. The highest BCUT2D eigenvalue weighted by atomic mass is 35.5. The fourth-order valence-electron chi connectivity index (χ4n) is 2.46. The van der Waals surface area contributed by atoms with Crippen LogP contribution >= 0.6 is 11.6 Å². The number of hydrogen-bond donors (Lipinski definition) is 3. The van der Waals surface area contributed by atoms with Gasteiger partial charge in [-0.3, -0.25) is 9.59 Å². The van der Waals surface area contributed by atoms with E-state index in [9.17, 15) is 14.7 Å². The lowest BCUT2D eigenvalue weighted by molar-refractivity contribution is -0.126. The second-order valence-electron chi connectivity index (χ2n) is 5.95. The summed E-state index contributed by atoms with van der Waals surface area (Å²) in [6.45, 7) is 5.86. The molecule has 2 amide bonds. The SMILES string of the molecule is C=CCc1cc(/C=N/NC(=O)CC(=O)Nc2ccccc2Cl)cc(OCC)c1O. The molecular formula is C21H22ClN3O4. The van der Waals surface area contributed by atoms with Gasteiger partial charge >= 0.3 is 0 Å². The fraction of sp³-hybridized carbons (Fsp3) is 0.190. The summed E-state index contributed by atoms with van der Waals surface area (Å²) < 4.78 is 5.41. The Morgan fingerprint density at radius 1 is 1.28 bits per heavy atom. The standard InChI is InChI=1S/C21H22ClN3O4/c1-3-7-15-10-14(11-18(21(15)28)29-4-2)13-23-25-20(27)12-19(26)24-17-9-6-5-8-16(17)22/h3,5-6,8-11,13,28H,1,4,7,12H2,2H3,(H,24,26)(H,25,27)/b23-13+. The summed E-state index contributed by atoms with van der Waals surface area (Å²) in [7, 11) is 0. The second kappa shape index (κ2) is 10.9. The van der Waals surface area contributed by atoms with E-state index in [2.05, 4.69) is 22.4 Å². The van der Waals surface area contributed by atoms with Crippen LogP contribution < -0.4 is 15.5 Å². The number of nitrogens with one attached hydrogen (secondary N) is 2. The Labute approximate surface area is 174 Å². The number of anilines is 1. The van der Waals surface area contributed by atoms with Gasteiger partial charge in [-0.05, 0) is 43.2 Å². The van der Waals surface area contributed by atoms with E-state index in [0.717, 1.165) is 0 Å². The number of ether oxygens (including phenoxy) is 1. The Morgan fingerprint density at radius 3 is 2.72 bits per heavy atom. The predicted octanol–water partition coefficient (Wildman–Crippen LogP) is 3.65. The number of nitrogens with zero attached hydrogens (tertiary/aromatic N) is 1. The maximum atomic E-state index is 11.9. The van der Waals surface area contributed by atoms with Crippen molar-refractivity contribution in [3.8, 4) is 11.5 Å². The molecule has 2 aromatic rings. The van der Waals surface area contributed by atoms with Crippen LogP contribution in [0.3, 0.4) is 0 Å². The number of aromatic hydroxyl groups is 1. The monoisotopic (exact) mass is 415 g/mol. The second-order valence-corrected chi connectivity index (χ2v) is 6.36. The van der Waals surface area contributed by atoms with Crippen LogP contribution in [0.1, 0.15) is 24.5 Å². The number of amides is 2. The van der Waals surface area contributed by atoms with E-state index in [1.807, 2.05) is 0 Å². The normalized spacial score (nSPS) is 10.6. The molecular weight excluding hydrogens is 394 g/mol. The third kappa shape index (κ3) is 6.65. The first-order valence-electron chi connectivity index (χ1n) is 8.90. The van der Waals surface area contributed by atoms with Crippen LogP contribution in [-0.4, -0.2) is 29.7 Å². The maximum Gasteiger partial charge on any atom is 0.249 e. The van der Waals surface area contributed by atoms with E-state index in [1.165, 1.54) is 6.21 Å². The number of halogens is 1. The first kappa shape index (κ1) is 22.0. The van der Waals surface area contributed by atoms with Crippen LogP contribution in [0.4, 0.5) is 5.69 Å². The Bertz CT molecular complexity index is 928. The van der Waals surface area contributed by atoms with Crippen molar-refractivity contribution in [2.24, 2.45) is 5.10 Å². The number of para-hydroxylation sites is 1. The largest absolute Gasteiger partial charge is 0.504 e. The molecule has 0 spiro atoms. The zero-order chi connectivity index (χ0) is 21.2. The molecule has 0 radical (unpaired) electrons. The number of phenols is 1. The van der Waals surface area contributed by atoms with Crippen LogP contribution in [0.2, 0.25) is 5.02 Å². The molecule has 0 bridgehead atoms. The van der Waals surface area contributed by atoms with E-state index >= 15 is 0 Å². The third-order valence-corrected chi connectivity index (χ3v) is 4.04. The third-order valence-electron chi connectivity index (χ3n) is 3.71. The lowest BCUT2D eigenvalue weighted by Crippen LogP contribution is -2.24. The van der Waals surface area contributed by atoms with Crippen LogP contribution in [0.5, 0.6) is 11.5 Å². The Balaban J connectivity index is 1.97. The van der Waals surface area contributed by atoms with Crippen molar-refractivity contribution < 1.29 is 19.4 Å². The van der Waals surface area contributed by atoms with Crippen molar-refractivity contribution >= 4 is 35.3 Å². The maximum absolute atomic E-state index is 11.9. The van der Waals surface area contributed by atoms with Crippen LogP contribution in [0, 0.1) is 0 Å². The van der Waals surface area contributed by atoms with Crippen molar-refractivity contribution in [2.45, 2.75) is 19.8 Å². The quantitative estimate of drug-likeness (QED) is 0.252. The number of carbonyl (C=O) groups excluding carboxylic acids is 2. The van der Waals surface area contributed by atoms with Crippen molar-refractivity contribution in [3.63, 3.8) is 0 Å². The van der Waals surface area contributed by atoms with Gasteiger partial charge in [-0.25, -0.2) is 5.43 Å². The van der Waals surface area contributed by atoms with Crippen LogP contribution in [0.25, 0.3) is 0 Å². The van der Waals surface area contributed by atoms with E-state index in [0.29, 0.717) is 40.6 Å². The van der Waals surface area contributed by atoms with E-state index in [1.54, 1.807) is 49.4 Å². The van der Waals surface area contributed by atoms with Crippen molar-refractivity contribution in [1.29, 1.82) is 0 Å². The van der Waals surface area contributed by atoms with Gasteiger partial charge in [0.25, 0.3) is 0 Å². The molecule has 2 rings (SSSR count). The van der Waals surface area contributed by atoms with Gasteiger partial charge < -0.3 is 15.2 Å². The van der Waals surface area contributed by atoms with Crippen molar-refractivity contribution in [3.05, 3.63) is 65.2 Å². The van der Waals surface area contributed by atoms with E-state index < -0.39 is 18.2 Å². The smallest absolute Gasteiger partial charge is 0.249 e. The number of allylic oxidation sites excluding steroid dienone is 1. The molecule has 152 valence electrons. The lowest BCUT2D eigenvalue weighted by atomic mass is 10.1. The number of phenolic OH excluding ortho intramolecular Hbond substituents is 1. The highest BCUT2D eigenvalue weighted by molar-refractivity contribution is 6.33.